The van der Waals surface area contributed by atoms with Crippen LogP contribution in [-0.2, 0) is 26.2 Å². The molecule has 1 unspecified atom stereocenters. The summed E-state index contributed by atoms with van der Waals surface area (Å²) in [5.41, 5.74) is 1.73. The Kier molecular flexibility index (Phi) is 8.77. The lowest BCUT2D eigenvalue weighted by atomic mass is 10.1. The van der Waals surface area contributed by atoms with Crippen LogP contribution in [0.2, 0.25) is 0 Å². The minimum Gasteiger partial charge on any atom is -0.355 e. The van der Waals surface area contributed by atoms with Crippen LogP contribution in [0.25, 0.3) is 0 Å². The van der Waals surface area contributed by atoms with Crippen LogP contribution in [0.3, 0.4) is 0 Å². The number of sulfonamides is 1. The maximum absolute atomic E-state index is 13.4. The van der Waals surface area contributed by atoms with Crippen LogP contribution in [0.4, 0.5) is 10.1 Å². The quantitative estimate of drug-likeness (QED) is 0.587. The van der Waals surface area contributed by atoms with Crippen molar-refractivity contribution in [2.75, 3.05) is 23.7 Å². The lowest BCUT2D eigenvalue weighted by molar-refractivity contribution is -0.140. The molecule has 0 aliphatic carbocycles. The second kappa shape index (κ2) is 11.1. The number of anilines is 1. The fraction of sp³-hybridized carbons (Fsp3) is 0.391. The number of nitrogens with zero attached hydrogens (tertiary/aromatic N) is 2. The molecule has 0 radical (unpaired) electrons. The molecular weight excluding hydrogens is 433 g/mol. The number of para-hydroxylation sites is 1. The van der Waals surface area contributed by atoms with E-state index in [2.05, 4.69) is 5.32 Å². The number of amides is 2. The molecule has 174 valence electrons. The van der Waals surface area contributed by atoms with E-state index < -0.39 is 34.3 Å². The van der Waals surface area contributed by atoms with Crippen LogP contribution < -0.4 is 9.62 Å². The van der Waals surface area contributed by atoms with Crippen molar-refractivity contribution in [1.29, 1.82) is 0 Å². The van der Waals surface area contributed by atoms with Crippen molar-refractivity contribution in [3.8, 4) is 0 Å². The summed E-state index contributed by atoms with van der Waals surface area (Å²) < 4.78 is 39.5. The van der Waals surface area contributed by atoms with E-state index in [0.717, 1.165) is 10.6 Å². The molecule has 7 nitrogen and oxygen atoms in total. The Bertz CT molecular complexity index is 1040. The fourth-order valence-electron chi connectivity index (χ4n) is 3.44. The van der Waals surface area contributed by atoms with Gasteiger partial charge in [0.15, 0.2) is 0 Å². The van der Waals surface area contributed by atoms with Crippen LogP contribution >= 0.6 is 0 Å². The van der Waals surface area contributed by atoms with E-state index in [4.69, 9.17) is 0 Å². The van der Waals surface area contributed by atoms with E-state index in [-0.39, 0.29) is 12.5 Å². The first kappa shape index (κ1) is 25.3. The van der Waals surface area contributed by atoms with E-state index in [1.165, 1.54) is 29.2 Å². The van der Waals surface area contributed by atoms with Crippen LogP contribution in [0.5, 0.6) is 0 Å². The molecule has 2 rings (SSSR count). The second-order valence-electron chi connectivity index (χ2n) is 7.52. The number of hydrogen-bond donors (Lipinski definition) is 1. The van der Waals surface area contributed by atoms with Gasteiger partial charge < -0.3 is 10.2 Å². The second-order valence-corrected chi connectivity index (χ2v) is 9.43. The van der Waals surface area contributed by atoms with Gasteiger partial charge in [0.1, 0.15) is 18.4 Å². The average molecular weight is 464 g/mol. The summed E-state index contributed by atoms with van der Waals surface area (Å²) >= 11 is 0. The highest BCUT2D eigenvalue weighted by atomic mass is 32.2. The predicted molar refractivity (Wildman–Crippen MR) is 123 cm³/mol. The number of halogens is 1. The van der Waals surface area contributed by atoms with Crippen LogP contribution in [0, 0.1) is 12.7 Å². The lowest BCUT2D eigenvalue weighted by Gasteiger charge is -2.33. The normalized spacial score (nSPS) is 12.2. The summed E-state index contributed by atoms with van der Waals surface area (Å²) in [5, 5.41) is 2.73. The highest BCUT2D eigenvalue weighted by Gasteiger charge is 2.31. The van der Waals surface area contributed by atoms with Gasteiger partial charge in [0, 0.05) is 13.1 Å². The first-order valence-corrected chi connectivity index (χ1v) is 12.3. The summed E-state index contributed by atoms with van der Waals surface area (Å²) in [5.74, 6) is -1.27. The summed E-state index contributed by atoms with van der Waals surface area (Å²) in [6.45, 7) is 5.30. The third kappa shape index (κ3) is 6.53. The maximum atomic E-state index is 13.4. The molecule has 0 aromatic heterocycles. The summed E-state index contributed by atoms with van der Waals surface area (Å²) in [4.78, 5) is 27.5. The first-order valence-electron chi connectivity index (χ1n) is 10.4. The number of hydrogen-bond acceptors (Lipinski definition) is 4. The lowest BCUT2D eigenvalue weighted by Crippen LogP contribution is -2.52. The van der Waals surface area contributed by atoms with Crippen molar-refractivity contribution in [3.05, 3.63) is 65.5 Å². The molecule has 2 aromatic rings. The Hall–Kier alpha value is -2.94. The van der Waals surface area contributed by atoms with Gasteiger partial charge in [0.2, 0.25) is 21.8 Å². The van der Waals surface area contributed by atoms with Gasteiger partial charge in [0.05, 0.1) is 11.9 Å². The average Bonchev–Trinajstić information content (AvgIpc) is 2.73. The van der Waals surface area contributed by atoms with Crippen LogP contribution in [0.15, 0.2) is 48.5 Å². The van der Waals surface area contributed by atoms with Crippen molar-refractivity contribution < 1.29 is 22.4 Å². The zero-order valence-corrected chi connectivity index (χ0v) is 19.7. The monoisotopic (exact) mass is 463 g/mol. The van der Waals surface area contributed by atoms with Crippen molar-refractivity contribution in [3.63, 3.8) is 0 Å². The third-order valence-electron chi connectivity index (χ3n) is 5.07. The molecule has 0 aliphatic rings. The Morgan fingerprint density at radius 1 is 1.06 bits per heavy atom. The minimum atomic E-state index is -3.77. The number of nitrogens with one attached hydrogen (secondary N) is 1. The van der Waals surface area contributed by atoms with E-state index in [0.29, 0.717) is 29.8 Å². The van der Waals surface area contributed by atoms with Crippen molar-refractivity contribution in [1.82, 2.24) is 10.2 Å². The third-order valence-corrected chi connectivity index (χ3v) is 6.19. The Morgan fingerprint density at radius 2 is 1.69 bits per heavy atom. The SMILES string of the molecule is CCNC(=O)C(CC)N(Cc1ccc(F)cc1)C(=O)CN(c1ccccc1C)S(C)(=O)=O. The molecule has 0 heterocycles. The van der Waals surface area contributed by atoms with Crippen molar-refractivity contribution in [2.45, 2.75) is 39.8 Å². The Balaban J connectivity index is 2.43. The number of carbonyl (C=O) groups excluding carboxylic acids is 2. The van der Waals surface area contributed by atoms with Crippen LogP contribution in [0.1, 0.15) is 31.4 Å². The van der Waals surface area contributed by atoms with Crippen LogP contribution in [-0.4, -0.2) is 50.5 Å². The summed E-state index contributed by atoms with van der Waals surface area (Å²) in [6.07, 6.45) is 1.38. The molecule has 0 saturated carbocycles. The minimum absolute atomic E-state index is 0.0418. The van der Waals surface area contributed by atoms with Crippen molar-refractivity contribution in [2.24, 2.45) is 0 Å². The standard InChI is InChI=1S/C23H30FN3O4S/c1-5-20(23(29)25-6-2)26(15-18-11-13-19(24)14-12-18)22(28)16-27(32(4,30)31)21-10-8-7-9-17(21)3/h7-14,20H,5-6,15-16H2,1-4H3,(H,25,29). The Morgan fingerprint density at radius 3 is 2.22 bits per heavy atom. The van der Waals surface area contributed by atoms with Gasteiger partial charge in [-0.05, 0) is 49.6 Å². The molecule has 1 atom stereocenters. The van der Waals surface area contributed by atoms with Gasteiger partial charge in [-0.1, -0.05) is 37.3 Å². The molecule has 2 aromatic carbocycles. The molecule has 2 amide bonds. The van der Waals surface area contributed by atoms with Gasteiger partial charge in [-0.15, -0.1) is 0 Å². The number of carbonyl (C=O) groups is 2. The predicted octanol–water partition coefficient (Wildman–Crippen LogP) is 2.84. The van der Waals surface area contributed by atoms with E-state index in [1.54, 1.807) is 45.0 Å². The molecule has 0 aliphatic heterocycles. The molecule has 9 heteroatoms. The zero-order chi connectivity index (χ0) is 23.9. The number of benzene rings is 2. The van der Waals surface area contributed by atoms with E-state index in [9.17, 15) is 22.4 Å². The molecule has 0 fully saturated rings. The van der Waals surface area contributed by atoms with Gasteiger partial charge in [-0.3, -0.25) is 13.9 Å². The van der Waals surface area contributed by atoms with Gasteiger partial charge >= 0.3 is 0 Å². The fourth-order valence-corrected chi connectivity index (χ4v) is 4.34. The number of aryl methyl sites for hydroxylation is 1. The van der Waals surface area contributed by atoms with Gasteiger partial charge in [-0.25, -0.2) is 12.8 Å². The van der Waals surface area contributed by atoms with E-state index >= 15 is 0 Å². The Labute approximate surface area is 189 Å². The molecule has 0 bridgehead atoms. The molecule has 0 saturated heterocycles. The summed E-state index contributed by atoms with van der Waals surface area (Å²) in [7, 11) is -3.77. The van der Waals surface area contributed by atoms with Gasteiger partial charge in [0.25, 0.3) is 0 Å². The largest absolute Gasteiger partial charge is 0.355 e. The molecule has 0 spiro atoms. The molecule has 32 heavy (non-hydrogen) atoms. The van der Waals surface area contributed by atoms with E-state index in [1.807, 2.05) is 0 Å². The van der Waals surface area contributed by atoms with Gasteiger partial charge in [-0.2, -0.15) is 0 Å². The topological polar surface area (TPSA) is 86.8 Å². The zero-order valence-electron chi connectivity index (χ0n) is 18.8. The van der Waals surface area contributed by atoms with Crippen molar-refractivity contribution >= 4 is 27.5 Å². The maximum Gasteiger partial charge on any atom is 0.244 e. The highest BCUT2D eigenvalue weighted by molar-refractivity contribution is 7.92. The highest BCUT2D eigenvalue weighted by Crippen LogP contribution is 2.23. The smallest absolute Gasteiger partial charge is 0.244 e. The molecule has 1 N–H and O–H groups in total. The number of rotatable bonds is 10. The summed E-state index contributed by atoms with van der Waals surface area (Å²) in [6, 6.07) is 11.7. The molecular formula is C23H30FN3O4S. The number of likely N-dealkylation sites (N-methyl/N-ethyl adjacent to an activating group) is 1. The first-order chi connectivity index (χ1) is 15.1.